The van der Waals surface area contributed by atoms with E-state index in [-0.39, 0.29) is 5.92 Å². The van der Waals surface area contributed by atoms with Gasteiger partial charge in [-0.15, -0.1) is 0 Å². The van der Waals surface area contributed by atoms with Gasteiger partial charge in [0, 0.05) is 23.7 Å². The standard InChI is InChI=1S/C18H17N3O3/c1-22-15-6-4-3-5-12(15)13-10-14(13)18-20-17(21-24-18)11-7-8-19-16(9-11)23-2/h3-9,13-14H,10H2,1-2H3/t13-,14+/m0/s1. The fourth-order valence-corrected chi connectivity index (χ4v) is 2.95. The Hall–Kier alpha value is -2.89. The fourth-order valence-electron chi connectivity index (χ4n) is 2.95. The molecule has 1 fully saturated rings. The van der Waals surface area contributed by atoms with Crippen LogP contribution in [0.15, 0.2) is 47.1 Å². The van der Waals surface area contributed by atoms with E-state index in [0.29, 0.717) is 23.5 Å². The van der Waals surface area contributed by atoms with E-state index < -0.39 is 0 Å². The van der Waals surface area contributed by atoms with Crippen LogP contribution in [0.3, 0.4) is 0 Å². The van der Waals surface area contributed by atoms with E-state index in [1.807, 2.05) is 24.3 Å². The minimum atomic E-state index is 0.242. The Bertz CT molecular complexity index is 862. The van der Waals surface area contributed by atoms with E-state index in [2.05, 4.69) is 21.2 Å². The average molecular weight is 323 g/mol. The van der Waals surface area contributed by atoms with Gasteiger partial charge in [-0.3, -0.25) is 0 Å². The Labute approximate surface area is 139 Å². The minimum Gasteiger partial charge on any atom is -0.496 e. The number of hydrogen-bond donors (Lipinski definition) is 0. The van der Waals surface area contributed by atoms with Crippen molar-refractivity contribution in [2.45, 2.75) is 18.3 Å². The molecule has 1 aliphatic carbocycles. The summed E-state index contributed by atoms with van der Waals surface area (Å²) in [6, 6.07) is 11.7. The number of hydrogen-bond acceptors (Lipinski definition) is 6. The zero-order valence-corrected chi connectivity index (χ0v) is 13.5. The summed E-state index contributed by atoms with van der Waals surface area (Å²) >= 11 is 0. The molecule has 1 saturated carbocycles. The molecule has 4 rings (SSSR count). The van der Waals surface area contributed by atoms with Gasteiger partial charge in [0.05, 0.1) is 14.2 Å². The number of rotatable bonds is 5. The van der Waals surface area contributed by atoms with Crippen LogP contribution in [0.2, 0.25) is 0 Å². The number of ether oxygens (including phenoxy) is 2. The molecular formula is C18H17N3O3. The summed E-state index contributed by atoms with van der Waals surface area (Å²) in [6.45, 7) is 0. The topological polar surface area (TPSA) is 70.3 Å². The maximum absolute atomic E-state index is 5.48. The van der Waals surface area contributed by atoms with Crippen LogP contribution >= 0.6 is 0 Å². The maximum atomic E-state index is 5.48. The van der Waals surface area contributed by atoms with Gasteiger partial charge >= 0.3 is 0 Å². The smallest absolute Gasteiger partial charge is 0.230 e. The molecular weight excluding hydrogens is 306 g/mol. The lowest BCUT2D eigenvalue weighted by molar-refractivity contribution is 0.377. The highest BCUT2D eigenvalue weighted by molar-refractivity contribution is 5.55. The lowest BCUT2D eigenvalue weighted by Crippen LogP contribution is -1.91. The molecule has 2 atom stereocenters. The molecule has 2 heterocycles. The van der Waals surface area contributed by atoms with Gasteiger partial charge in [0.25, 0.3) is 0 Å². The highest BCUT2D eigenvalue weighted by Crippen LogP contribution is 2.56. The van der Waals surface area contributed by atoms with E-state index in [0.717, 1.165) is 17.7 Å². The van der Waals surface area contributed by atoms with Gasteiger partial charge in [0.1, 0.15) is 5.75 Å². The number of aromatic nitrogens is 3. The molecule has 6 nitrogen and oxygen atoms in total. The lowest BCUT2D eigenvalue weighted by atomic mass is 10.1. The number of para-hydroxylation sites is 1. The zero-order valence-electron chi connectivity index (χ0n) is 13.5. The molecule has 1 aliphatic rings. The predicted octanol–water partition coefficient (Wildman–Crippen LogP) is 3.42. The Morgan fingerprint density at radius 1 is 1.08 bits per heavy atom. The van der Waals surface area contributed by atoms with Crippen LogP contribution in [0, 0.1) is 0 Å². The minimum absolute atomic E-state index is 0.242. The number of benzene rings is 1. The van der Waals surface area contributed by atoms with Gasteiger partial charge in [0.2, 0.25) is 17.6 Å². The molecule has 0 bridgehead atoms. The first-order chi connectivity index (χ1) is 11.8. The van der Waals surface area contributed by atoms with Crippen LogP contribution in [0.4, 0.5) is 0 Å². The molecule has 1 aromatic carbocycles. The lowest BCUT2D eigenvalue weighted by Gasteiger charge is -2.06. The third-order valence-electron chi connectivity index (χ3n) is 4.29. The Morgan fingerprint density at radius 3 is 2.79 bits per heavy atom. The fraction of sp³-hybridized carbons (Fsp3) is 0.278. The van der Waals surface area contributed by atoms with Crippen LogP contribution in [-0.4, -0.2) is 29.3 Å². The van der Waals surface area contributed by atoms with Crippen LogP contribution in [0.1, 0.15) is 29.7 Å². The average Bonchev–Trinajstić information content (AvgIpc) is 3.29. The van der Waals surface area contributed by atoms with E-state index in [4.69, 9.17) is 14.0 Å². The summed E-state index contributed by atoms with van der Waals surface area (Å²) in [6.07, 6.45) is 2.65. The van der Waals surface area contributed by atoms with Crippen LogP contribution in [0.25, 0.3) is 11.4 Å². The van der Waals surface area contributed by atoms with E-state index in [1.54, 1.807) is 26.5 Å². The highest BCUT2D eigenvalue weighted by atomic mass is 16.5. The second kappa shape index (κ2) is 5.96. The van der Waals surface area contributed by atoms with E-state index in [9.17, 15) is 0 Å². The molecule has 24 heavy (non-hydrogen) atoms. The second-order valence-electron chi connectivity index (χ2n) is 5.73. The highest BCUT2D eigenvalue weighted by Gasteiger charge is 2.45. The Kier molecular flexibility index (Phi) is 3.65. The molecule has 0 N–H and O–H groups in total. The van der Waals surface area contributed by atoms with Crippen LogP contribution < -0.4 is 9.47 Å². The molecule has 0 unspecified atom stereocenters. The molecule has 0 radical (unpaired) electrons. The third kappa shape index (κ3) is 2.60. The van der Waals surface area contributed by atoms with Crippen molar-refractivity contribution < 1.29 is 14.0 Å². The summed E-state index contributed by atoms with van der Waals surface area (Å²) in [7, 11) is 3.27. The van der Waals surface area contributed by atoms with Gasteiger partial charge in [-0.2, -0.15) is 4.98 Å². The van der Waals surface area contributed by atoms with Crippen molar-refractivity contribution in [1.29, 1.82) is 0 Å². The van der Waals surface area contributed by atoms with Crippen LogP contribution in [0.5, 0.6) is 11.6 Å². The second-order valence-corrected chi connectivity index (χ2v) is 5.73. The van der Waals surface area contributed by atoms with Gasteiger partial charge in [-0.25, -0.2) is 4.98 Å². The molecule has 0 amide bonds. The van der Waals surface area contributed by atoms with E-state index in [1.165, 1.54) is 5.56 Å². The molecule has 0 spiro atoms. The summed E-state index contributed by atoms with van der Waals surface area (Å²) < 4.78 is 16.1. The molecule has 122 valence electrons. The molecule has 0 aliphatic heterocycles. The SMILES string of the molecule is COc1cc(-c2noc([C@@H]3C[C@H]3c3ccccc3OC)n2)ccn1. The zero-order chi connectivity index (χ0) is 16.5. The van der Waals surface area contributed by atoms with Crippen molar-refractivity contribution in [2.75, 3.05) is 14.2 Å². The number of methoxy groups -OCH3 is 2. The first kappa shape index (κ1) is 14.7. The van der Waals surface area contributed by atoms with Gasteiger partial charge in [-0.05, 0) is 30.0 Å². The third-order valence-corrected chi connectivity index (χ3v) is 4.29. The summed E-state index contributed by atoms with van der Waals surface area (Å²) in [5.41, 5.74) is 2.02. The van der Waals surface area contributed by atoms with Crippen molar-refractivity contribution in [2.24, 2.45) is 0 Å². The summed E-state index contributed by atoms with van der Waals surface area (Å²) in [4.78, 5) is 8.63. The summed E-state index contributed by atoms with van der Waals surface area (Å²) in [5.74, 6) is 3.25. The van der Waals surface area contributed by atoms with Crippen molar-refractivity contribution in [1.82, 2.24) is 15.1 Å². The first-order valence-corrected chi connectivity index (χ1v) is 7.77. The quantitative estimate of drug-likeness (QED) is 0.716. The van der Waals surface area contributed by atoms with Crippen LogP contribution in [-0.2, 0) is 0 Å². The monoisotopic (exact) mass is 323 g/mol. The number of pyridine rings is 1. The normalized spacial score (nSPS) is 19.1. The summed E-state index contributed by atoms with van der Waals surface area (Å²) in [5, 5.41) is 4.09. The maximum Gasteiger partial charge on any atom is 0.230 e. The van der Waals surface area contributed by atoms with Gasteiger partial charge in [-0.1, -0.05) is 23.4 Å². The Morgan fingerprint density at radius 2 is 1.96 bits per heavy atom. The molecule has 6 heteroatoms. The van der Waals surface area contributed by atoms with Crippen molar-refractivity contribution in [3.63, 3.8) is 0 Å². The number of nitrogens with zero attached hydrogens (tertiary/aromatic N) is 3. The molecule has 2 aromatic heterocycles. The Balaban J connectivity index is 1.56. The first-order valence-electron chi connectivity index (χ1n) is 7.77. The van der Waals surface area contributed by atoms with Crippen molar-refractivity contribution in [3.05, 3.63) is 54.0 Å². The molecule has 0 saturated heterocycles. The van der Waals surface area contributed by atoms with Gasteiger partial charge in [0.15, 0.2) is 0 Å². The van der Waals surface area contributed by atoms with E-state index >= 15 is 0 Å². The predicted molar refractivity (Wildman–Crippen MR) is 87.2 cm³/mol. The molecule has 3 aromatic rings. The largest absolute Gasteiger partial charge is 0.496 e. The van der Waals surface area contributed by atoms with Gasteiger partial charge < -0.3 is 14.0 Å². The van der Waals surface area contributed by atoms with Crippen molar-refractivity contribution in [3.8, 4) is 23.0 Å². The van der Waals surface area contributed by atoms with Crippen molar-refractivity contribution >= 4 is 0 Å².